The summed E-state index contributed by atoms with van der Waals surface area (Å²) in [5.41, 5.74) is 25.4. The normalized spacial score (nSPS) is 13.3. The number of para-hydroxylation sites is 7. The predicted octanol–water partition coefficient (Wildman–Crippen LogP) is 16.3. The van der Waals surface area contributed by atoms with Crippen LogP contribution in [0, 0.1) is 0 Å². The molecule has 4 aliphatic rings. The van der Waals surface area contributed by atoms with Crippen LogP contribution in [0.1, 0.15) is 0 Å². The molecule has 5 heterocycles. The van der Waals surface area contributed by atoms with Crippen LogP contribution in [0.15, 0.2) is 294 Å². The zero-order valence-corrected chi connectivity index (χ0v) is 45.0. The smallest absolute Gasteiger partial charge is 0.283 e. The molecule has 4 nitrogen and oxygen atoms in total. The van der Waals surface area contributed by atoms with E-state index in [4.69, 9.17) is 0 Å². The van der Waals surface area contributed by atoms with E-state index < -0.39 is 0 Å². The highest BCUT2D eigenvalue weighted by Gasteiger charge is 2.47. The van der Waals surface area contributed by atoms with Crippen molar-refractivity contribution in [1.82, 2.24) is 4.57 Å². The van der Waals surface area contributed by atoms with Gasteiger partial charge in [-0.25, -0.2) is 0 Å². The number of rotatable bonds is 7. The van der Waals surface area contributed by atoms with Crippen molar-refractivity contribution in [2.45, 2.75) is 14.7 Å². The molecule has 0 amide bonds. The van der Waals surface area contributed by atoms with Crippen molar-refractivity contribution in [1.29, 1.82) is 0 Å². The lowest BCUT2D eigenvalue weighted by molar-refractivity contribution is 1.16. The molecule has 13 aromatic rings. The molecule has 0 aliphatic carbocycles. The van der Waals surface area contributed by atoms with Crippen LogP contribution in [0.4, 0.5) is 51.2 Å². The molecule has 0 saturated carbocycles. The number of benzene rings is 12. The maximum absolute atomic E-state index is 2.63. The first kappa shape index (κ1) is 45.7. The lowest BCUT2D eigenvalue weighted by Gasteiger charge is -2.46. The summed E-state index contributed by atoms with van der Waals surface area (Å²) in [6.07, 6.45) is 0. The number of aromatic nitrogens is 1. The quantitative estimate of drug-likeness (QED) is 0.147. The summed E-state index contributed by atoms with van der Waals surface area (Å²) in [5.74, 6) is 0.0712. The van der Waals surface area contributed by atoms with E-state index in [1.54, 1.807) is 0 Å². The van der Waals surface area contributed by atoms with Crippen LogP contribution in [0.2, 0.25) is 0 Å². The standard InChI is InChI=1S/C72H46B2N4S2/c1-5-23-47(24-6-1)53-31-13-18-36-61(53)78-65-46-69-60(74-71-57(56-34-16-22-40-68(56)80-74)41-51(44-70(71)79-69)77-62-37-19-14-32-54(62)55-33-15-20-38-63(55)77)45-59(65)73-58-35-17-21-39-64(58)76(50-29-11-4-12-30-50)66-42-52(43-67(78)72(66)73)75(48-25-7-2-8-26-48)49-27-9-3-10-28-49/h1-46H. The molecule has 0 atom stereocenters. The third kappa shape index (κ3) is 6.89. The van der Waals surface area contributed by atoms with Gasteiger partial charge < -0.3 is 19.3 Å². The second kappa shape index (κ2) is 18.1. The van der Waals surface area contributed by atoms with E-state index in [-0.39, 0.29) is 12.7 Å². The fourth-order valence-electron chi connectivity index (χ4n) is 13.5. The minimum atomic E-state index is -0.0861. The predicted molar refractivity (Wildman–Crippen MR) is 342 cm³/mol. The summed E-state index contributed by atoms with van der Waals surface area (Å²) in [5, 5.41) is 2.53. The summed E-state index contributed by atoms with van der Waals surface area (Å²) in [7, 11) is 0. The molecule has 0 radical (unpaired) electrons. The topological polar surface area (TPSA) is 14.7 Å². The van der Waals surface area contributed by atoms with Gasteiger partial charge in [-0.1, -0.05) is 194 Å². The maximum atomic E-state index is 2.63. The van der Waals surface area contributed by atoms with Gasteiger partial charge in [-0.15, -0.1) is 0 Å². The monoisotopic (exact) mass is 1050 g/mol. The lowest BCUT2D eigenvalue weighted by atomic mass is 9.33. The van der Waals surface area contributed by atoms with Gasteiger partial charge in [0.2, 0.25) is 0 Å². The molecule has 0 bridgehead atoms. The van der Waals surface area contributed by atoms with Gasteiger partial charge in [0.05, 0.1) is 22.4 Å². The summed E-state index contributed by atoms with van der Waals surface area (Å²) >= 11 is 3.95. The molecule has 0 N–H and O–H groups in total. The summed E-state index contributed by atoms with van der Waals surface area (Å²) in [6, 6.07) is 104. The van der Waals surface area contributed by atoms with Crippen LogP contribution in [0.3, 0.4) is 0 Å². The zero-order chi connectivity index (χ0) is 52.4. The highest BCUT2D eigenvalue weighted by atomic mass is 32.2. The Morgan fingerprint density at radius 3 is 1.61 bits per heavy atom. The molecule has 80 heavy (non-hydrogen) atoms. The Hall–Kier alpha value is -9.33. The van der Waals surface area contributed by atoms with Crippen LogP contribution in [0.5, 0.6) is 0 Å². The fraction of sp³-hybridized carbons (Fsp3) is 0. The van der Waals surface area contributed by atoms with E-state index in [2.05, 4.69) is 298 Å². The highest BCUT2D eigenvalue weighted by Crippen LogP contribution is 2.52. The van der Waals surface area contributed by atoms with Crippen molar-refractivity contribution >= 4 is 136 Å². The van der Waals surface area contributed by atoms with Gasteiger partial charge in [0.25, 0.3) is 12.7 Å². The molecule has 12 aromatic carbocycles. The first-order valence-electron chi connectivity index (χ1n) is 27.5. The molecule has 4 aliphatic heterocycles. The number of nitrogens with zero attached hydrogens (tertiary/aromatic N) is 4. The van der Waals surface area contributed by atoms with Crippen LogP contribution in [0.25, 0.3) is 49.7 Å². The fourth-order valence-corrected chi connectivity index (χ4v) is 16.3. The largest absolute Gasteiger partial charge is 0.311 e. The Balaban J connectivity index is 0.962. The van der Waals surface area contributed by atoms with Crippen molar-refractivity contribution in [3.63, 3.8) is 0 Å². The summed E-state index contributed by atoms with van der Waals surface area (Å²) in [4.78, 5) is 11.5. The van der Waals surface area contributed by atoms with Crippen molar-refractivity contribution < 1.29 is 0 Å². The summed E-state index contributed by atoms with van der Waals surface area (Å²) < 4.78 is 2.49. The molecule has 1 aromatic heterocycles. The average molecular weight is 1050 g/mol. The van der Waals surface area contributed by atoms with Crippen molar-refractivity contribution in [2.24, 2.45) is 0 Å². The Kier molecular flexibility index (Phi) is 10.3. The number of hydrogen-bond acceptors (Lipinski definition) is 5. The Morgan fingerprint density at radius 2 is 0.900 bits per heavy atom. The molecule has 17 rings (SSSR count). The Bertz CT molecular complexity index is 4550. The summed E-state index contributed by atoms with van der Waals surface area (Å²) in [6.45, 7) is -0.0861. The van der Waals surface area contributed by atoms with Crippen LogP contribution < -0.4 is 42.0 Å². The van der Waals surface area contributed by atoms with Crippen LogP contribution >= 0.6 is 23.4 Å². The van der Waals surface area contributed by atoms with E-state index >= 15 is 0 Å². The number of anilines is 9. The van der Waals surface area contributed by atoms with E-state index in [1.165, 1.54) is 103 Å². The van der Waals surface area contributed by atoms with Gasteiger partial charge in [0.15, 0.2) is 0 Å². The minimum absolute atomic E-state index is 0.0712. The molecular formula is C72H46B2N4S2. The molecular weight excluding hydrogens is 1010 g/mol. The first-order valence-corrected chi connectivity index (χ1v) is 29.2. The SMILES string of the molecule is c1ccc(-c2ccccc2N2c3cc4c(cc3B3c5ccccc5N(c5ccccc5)c5cc(N(c6ccccc6)c6ccccc6)cc2c53)B2Sc3ccccc3-c3cc(-n5c6ccccc6c6ccccc65)cc(c32)S4)cc1. The van der Waals surface area contributed by atoms with Crippen LogP contribution in [-0.4, -0.2) is 17.3 Å². The van der Waals surface area contributed by atoms with Gasteiger partial charge in [-0.3, -0.25) is 0 Å². The Labute approximate surface area is 474 Å². The number of hydrogen-bond donors (Lipinski definition) is 0. The van der Waals surface area contributed by atoms with E-state index in [1.807, 2.05) is 23.4 Å². The van der Waals surface area contributed by atoms with Gasteiger partial charge in [0, 0.05) is 76.5 Å². The zero-order valence-electron chi connectivity index (χ0n) is 43.3. The molecule has 0 spiro atoms. The first-order chi connectivity index (χ1) is 39.7. The average Bonchev–Trinajstić information content (AvgIpc) is 4.01. The molecule has 372 valence electrons. The van der Waals surface area contributed by atoms with Gasteiger partial charge >= 0.3 is 0 Å². The Morgan fingerprint density at radius 1 is 0.325 bits per heavy atom. The van der Waals surface area contributed by atoms with Crippen LogP contribution in [-0.2, 0) is 0 Å². The second-order valence-electron chi connectivity index (χ2n) is 21.1. The molecule has 8 heteroatoms. The van der Waals surface area contributed by atoms with Gasteiger partial charge in [-0.2, -0.15) is 11.6 Å². The van der Waals surface area contributed by atoms with Crippen molar-refractivity contribution in [3.05, 3.63) is 279 Å². The molecule has 0 unspecified atom stereocenters. The third-order valence-corrected chi connectivity index (χ3v) is 19.2. The highest BCUT2D eigenvalue weighted by molar-refractivity contribution is 8.28. The lowest BCUT2D eigenvalue weighted by Crippen LogP contribution is -2.62. The molecule has 0 saturated heterocycles. The maximum Gasteiger partial charge on any atom is 0.283 e. The van der Waals surface area contributed by atoms with Crippen molar-refractivity contribution in [3.8, 4) is 27.9 Å². The minimum Gasteiger partial charge on any atom is -0.311 e. The van der Waals surface area contributed by atoms with E-state index in [9.17, 15) is 0 Å². The van der Waals surface area contributed by atoms with E-state index in [0.717, 1.165) is 39.8 Å². The number of fused-ring (bicyclic) bond motifs is 11. The molecule has 0 fully saturated rings. The van der Waals surface area contributed by atoms with Gasteiger partial charge in [-0.05, 0) is 141 Å². The third-order valence-electron chi connectivity index (χ3n) is 16.8. The van der Waals surface area contributed by atoms with E-state index in [0.29, 0.717) is 0 Å². The van der Waals surface area contributed by atoms with Crippen molar-refractivity contribution in [2.75, 3.05) is 14.7 Å². The second-order valence-corrected chi connectivity index (χ2v) is 23.3. The van der Waals surface area contributed by atoms with Gasteiger partial charge in [0.1, 0.15) is 0 Å².